The predicted molar refractivity (Wildman–Crippen MR) is 84.5 cm³/mol. The molecule has 0 aliphatic heterocycles. The molecule has 0 aromatic heterocycles. The Labute approximate surface area is 124 Å². The van der Waals surface area contributed by atoms with Crippen LogP contribution >= 0.6 is 0 Å². The van der Waals surface area contributed by atoms with Gasteiger partial charge in [-0.3, -0.25) is 4.90 Å². The van der Waals surface area contributed by atoms with Gasteiger partial charge in [0.2, 0.25) is 0 Å². The largest absolute Gasteiger partial charge is 0.443 e. The van der Waals surface area contributed by atoms with Crippen LogP contribution in [0.15, 0.2) is 36.4 Å². The summed E-state index contributed by atoms with van der Waals surface area (Å²) < 4.78 is 5.36. The summed E-state index contributed by atoms with van der Waals surface area (Å²) in [4.78, 5) is 13.6. The Bertz CT molecular complexity index is 659. The number of amides is 1. The lowest BCUT2D eigenvalue weighted by molar-refractivity contribution is 0.0589. The Kier molecular flexibility index (Phi) is 4.19. The minimum absolute atomic E-state index is 0.0233. The Balaban J connectivity index is 2.28. The van der Waals surface area contributed by atoms with Crippen LogP contribution in [0.4, 0.5) is 10.5 Å². The third-order valence-electron chi connectivity index (χ3n) is 3.13. The molecule has 0 radical (unpaired) electrons. The fourth-order valence-corrected chi connectivity index (χ4v) is 2.03. The summed E-state index contributed by atoms with van der Waals surface area (Å²) in [7, 11) is 1.69. The molecular weight excluding hydrogens is 266 g/mol. The van der Waals surface area contributed by atoms with Crippen molar-refractivity contribution in [2.75, 3.05) is 11.9 Å². The number of carbonyl (C=O) groups is 1. The van der Waals surface area contributed by atoms with E-state index in [9.17, 15) is 4.79 Å². The highest BCUT2D eigenvalue weighted by Gasteiger charge is 2.20. The lowest BCUT2D eigenvalue weighted by atomic mass is 10.1. The van der Waals surface area contributed by atoms with E-state index in [1.54, 1.807) is 7.05 Å². The molecule has 1 N–H and O–H groups in total. The van der Waals surface area contributed by atoms with Gasteiger partial charge in [0.1, 0.15) is 5.60 Å². The van der Waals surface area contributed by atoms with Gasteiger partial charge in [0.05, 0.1) is 6.61 Å². The zero-order valence-electron chi connectivity index (χ0n) is 12.9. The number of aliphatic hydroxyl groups excluding tert-OH is 1. The highest BCUT2D eigenvalue weighted by molar-refractivity contribution is 5.92. The monoisotopic (exact) mass is 287 g/mol. The number of hydrogen-bond donors (Lipinski definition) is 1. The van der Waals surface area contributed by atoms with E-state index in [2.05, 4.69) is 0 Å². The first-order valence-electron chi connectivity index (χ1n) is 6.90. The van der Waals surface area contributed by atoms with Crippen LogP contribution in [-0.2, 0) is 11.3 Å². The van der Waals surface area contributed by atoms with E-state index < -0.39 is 5.60 Å². The van der Waals surface area contributed by atoms with Gasteiger partial charge >= 0.3 is 6.09 Å². The maximum atomic E-state index is 12.1. The molecule has 0 heterocycles. The number of hydrogen-bond acceptors (Lipinski definition) is 3. The van der Waals surface area contributed by atoms with Crippen LogP contribution in [0.3, 0.4) is 0 Å². The number of aliphatic hydroxyl groups is 1. The summed E-state index contributed by atoms with van der Waals surface area (Å²) >= 11 is 0. The summed E-state index contributed by atoms with van der Waals surface area (Å²) in [6.07, 6.45) is -0.381. The Hall–Kier alpha value is -2.07. The molecule has 0 bridgehead atoms. The first-order valence-corrected chi connectivity index (χ1v) is 6.90. The van der Waals surface area contributed by atoms with Crippen LogP contribution in [0.25, 0.3) is 10.8 Å². The molecule has 2 aromatic carbocycles. The van der Waals surface area contributed by atoms with Crippen molar-refractivity contribution in [3.05, 3.63) is 42.0 Å². The van der Waals surface area contributed by atoms with Gasteiger partial charge in [-0.15, -0.1) is 0 Å². The summed E-state index contributed by atoms with van der Waals surface area (Å²) in [5.41, 5.74) is 1.13. The second kappa shape index (κ2) is 5.74. The average molecular weight is 287 g/mol. The van der Waals surface area contributed by atoms with Crippen LogP contribution in [-0.4, -0.2) is 23.8 Å². The summed E-state index contributed by atoms with van der Waals surface area (Å²) in [5.74, 6) is 0. The topological polar surface area (TPSA) is 49.8 Å². The smallest absolute Gasteiger partial charge is 0.414 e. The van der Waals surface area contributed by atoms with Gasteiger partial charge in [-0.1, -0.05) is 18.2 Å². The number of rotatable bonds is 2. The van der Waals surface area contributed by atoms with Crippen molar-refractivity contribution in [2.24, 2.45) is 0 Å². The average Bonchev–Trinajstić information content (AvgIpc) is 2.43. The van der Waals surface area contributed by atoms with Gasteiger partial charge in [-0.05, 0) is 55.3 Å². The molecule has 0 atom stereocenters. The Morgan fingerprint density at radius 3 is 2.38 bits per heavy atom. The van der Waals surface area contributed by atoms with Gasteiger partial charge in [0.25, 0.3) is 0 Å². The molecule has 0 spiro atoms. The minimum Gasteiger partial charge on any atom is -0.443 e. The lowest BCUT2D eigenvalue weighted by Gasteiger charge is -2.24. The minimum atomic E-state index is -0.516. The van der Waals surface area contributed by atoms with Crippen LogP contribution in [0.1, 0.15) is 26.3 Å². The molecule has 0 fully saturated rings. The normalized spacial score (nSPS) is 11.5. The van der Waals surface area contributed by atoms with Crippen LogP contribution in [0, 0.1) is 0 Å². The van der Waals surface area contributed by atoms with E-state index in [0.717, 1.165) is 22.0 Å². The van der Waals surface area contributed by atoms with Gasteiger partial charge in [0, 0.05) is 12.7 Å². The molecule has 0 unspecified atom stereocenters. The van der Waals surface area contributed by atoms with Gasteiger partial charge in [-0.2, -0.15) is 0 Å². The third-order valence-corrected chi connectivity index (χ3v) is 3.13. The fraction of sp³-hybridized carbons (Fsp3) is 0.353. The number of anilines is 1. The van der Waals surface area contributed by atoms with Crippen molar-refractivity contribution >= 4 is 22.6 Å². The Morgan fingerprint density at radius 1 is 1.14 bits per heavy atom. The standard InChI is InChI=1S/C17H21NO3/c1-17(2,3)21-16(20)18(4)15-8-7-13-9-12(11-19)5-6-14(13)10-15/h5-10,19H,11H2,1-4H3. The summed E-state index contributed by atoms with van der Waals surface area (Å²) in [5, 5.41) is 11.2. The van der Waals surface area contributed by atoms with E-state index in [1.165, 1.54) is 4.90 Å². The van der Waals surface area contributed by atoms with Gasteiger partial charge in [0.15, 0.2) is 0 Å². The van der Waals surface area contributed by atoms with Crippen molar-refractivity contribution in [3.8, 4) is 0 Å². The summed E-state index contributed by atoms with van der Waals surface area (Å²) in [6, 6.07) is 11.5. The highest BCUT2D eigenvalue weighted by atomic mass is 16.6. The number of benzene rings is 2. The van der Waals surface area contributed by atoms with Crippen LogP contribution in [0.5, 0.6) is 0 Å². The maximum absolute atomic E-state index is 12.1. The first-order chi connectivity index (χ1) is 9.80. The molecule has 21 heavy (non-hydrogen) atoms. The molecule has 2 aromatic rings. The molecule has 0 aliphatic carbocycles. The van der Waals surface area contributed by atoms with Crippen molar-refractivity contribution < 1.29 is 14.6 Å². The second-order valence-corrected chi connectivity index (χ2v) is 6.06. The molecule has 0 saturated heterocycles. The van der Waals surface area contributed by atoms with Crippen molar-refractivity contribution in [1.82, 2.24) is 0 Å². The van der Waals surface area contributed by atoms with Crippen molar-refractivity contribution in [3.63, 3.8) is 0 Å². The van der Waals surface area contributed by atoms with E-state index in [1.807, 2.05) is 57.2 Å². The summed E-state index contributed by atoms with van der Waals surface area (Å²) in [6.45, 7) is 5.55. The van der Waals surface area contributed by atoms with Crippen LogP contribution < -0.4 is 4.90 Å². The molecular formula is C17H21NO3. The van der Waals surface area contributed by atoms with E-state index >= 15 is 0 Å². The molecule has 112 valence electrons. The molecule has 4 nitrogen and oxygen atoms in total. The number of carbonyl (C=O) groups excluding carboxylic acids is 1. The van der Waals surface area contributed by atoms with E-state index in [-0.39, 0.29) is 12.7 Å². The SMILES string of the molecule is CN(C(=O)OC(C)(C)C)c1ccc2cc(CO)ccc2c1. The Morgan fingerprint density at radius 2 is 1.76 bits per heavy atom. The number of ether oxygens (including phenoxy) is 1. The molecule has 1 amide bonds. The van der Waals surface area contributed by atoms with Gasteiger partial charge in [-0.25, -0.2) is 4.79 Å². The lowest BCUT2D eigenvalue weighted by Crippen LogP contribution is -2.34. The quantitative estimate of drug-likeness (QED) is 0.916. The van der Waals surface area contributed by atoms with E-state index in [0.29, 0.717) is 0 Å². The number of nitrogens with zero attached hydrogens (tertiary/aromatic N) is 1. The highest BCUT2D eigenvalue weighted by Crippen LogP contribution is 2.24. The zero-order chi connectivity index (χ0) is 15.6. The van der Waals surface area contributed by atoms with Crippen molar-refractivity contribution in [2.45, 2.75) is 33.0 Å². The van der Waals surface area contributed by atoms with Gasteiger partial charge < -0.3 is 9.84 Å². The van der Waals surface area contributed by atoms with Crippen molar-refractivity contribution in [1.29, 1.82) is 0 Å². The maximum Gasteiger partial charge on any atom is 0.414 e. The molecule has 4 heteroatoms. The van der Waals surface area contributed by atoms with E-state index in [4.69, 9.17) is 9.84 Å². The first kappa shape index (κ1) is 15.3. The predicted octanol–water partition coefficient (Wildman–Crippen LogP) is 3.70. The molecule has 0 saturated carbocycles. The number of fused-ring (bicyclic) bond motifs is 1. The molecule has 0 aliphatic rings. The third kappa shape index (κ3) is 3.73. The zero-order valence-corrected chi connectivity index (χ0v) is 12.9. The fourth-order valence-electron chi connectivity index (χ4n) is 2.03. The molecule has 2 rings (SSSR count). The second-order valence-electron chi connectivity index (χ2n) is 6.06. The van der Waals surface area contributed by atoms with Crippen LogP contribution in [0.2, 0.25) is 0 Å².